The van der Waals surface area contributed by atoms with Gasteiger partial charge in [0.25, 0.3) is 0 Å². The summed E-state index contributed by atoms with van der Waals surface area (Å²) in [6.45, 7) is 2.14. The van der Waals surface area contributed by atoms with Crippen molar-refractivity contribution in [1.82, 2.24) is 21.3 Å². The third-order valence-corrected chi connectivity index (χ3v) is 5.00. The molecule has 33 heavy (non-hydrogen) atoms. The third kappa shape index (κ3) is 10.6. The van der Waals surface area contributed by atoms with E-state index in [9.17, 15) is 24.0 Å². The summed E-state index contributed by atoms with van der Waals surface area (Å²) < 4.78 is 0. The number of carboxylic acid groups (broad SMARTS) is 1. The molecule has 4 unspecified atom stereocenters. The predicted molar refractivity (Wildman–Crippen MR) is 118 cm³/mol. The van der Waals surface area contributed by atoms with Gasteiger partial charge in [-0.25, -0.2) is 0 Å². The van der Waals surface area contributed by atoms with Crippen molar-refractivity contribution in [2.45, 2.75) is 69.6 Å². The van der Waals surface area contributed by atoms with Crippen molar-refractivity contribution in [2.24, 2.45) is 22.2 Å². The van der Waals surface area contributed by atoms with Gasteiger partial charge in [-0.05, 0) is 45.6 Å². The van der Waals surface area contributed by atoms with Crippen molar-refractivity contribution in [2.75, 3.05) is 13.1 Å². The quantitative estimate of drug-likeness (QED) is 0.0715. The van der Waals surface area contributed by atoms with Gasteiger partial charge in [0.2, 0.25) is 23.6 Å². The molecule has 0 saturated carbocycles. The molecule has 1 heterocycles. The number of rotatable bonds is 14. The highest BCUT2D eigenvalue weighted by molar-refractivity contribution is 5.94. The van der Waals surface area contributed by atoms with E-state index in [2.05, 4.69) is 26.3 Å². The van der Waals surface area contributed by atoms with E-state index >= 15 is 0 Å². The Morgan fingerprint density at radius 3 is 2.21 bits per heavy atom. The summed E-state index contributed by atoms with van der Waals surface area (Å²) in [5, 5.41) is 19.5. The van der Waals surface area contributed by atoms with E-state index < -0.39 is 53.8 Å². The first-order valence-electron chi connectivity index (χ1n) is 10.7. The Labute approximate surface area is 191 Å². The molecule has 0 bridgehead atoms. The smallest absolute Gasteiger partial charge is 0.325 e. The molecule has 4 atom stereocenters. The molecule has 0 aliphatic carbocycles. The van der Waals surface area contributed by atoms with Crippen LogP contribution < -0.4 is 38.5 Å². The zero-order valence-electron chi connectivity index (χ0n) is 18.6. The summed E-state index contributed by atoms with van der Waals surface area (Å²) in [7, 11) is 0. The van der Waals surface area contributed by atoms with Crippen LogP contribution in [0.5, 0.6) is 0 Å². The lowest BCUT2D eigenvalue weighted by atomic mass is 10.1. The SMILES string of the molecule is CC(NC(=O)C(CCCN=C(N)N)NC(=O)C(CCC(N)=O)NC(=O)C1CCCN1)C(=O)O. The van der Waals surface area contributed by atoms with Crippen LogP contribution in [-0.4, -0.2) is 77.9 Å². The van der Waals surface area contributed by atoms with E-state index in [1.54, 1.807) is 0 Å². The number of carbonyl (C=O) groups excluding carboxylic acids is 4. The van der Waals surface area contributed by atoms with Crippen LogP contribution in [0, 0.1) is 0 Å². The van der Waals surface area contributed by atoms with E-state index in [-0.39, 0.29) is 31.8 Å². The van der Waals surface area contributed by atoms with Gasteiger partial charge in [-0.1, -0.05) is 0 Å². The maximum Gasteiger partial charge on any atom is 0.325 e. The molecule has 14 nitrogen and oxygen atoms in total. The van der Waals surface area contributed by atoms with Crippen LogP contribution in [0.3, 0.4) is 0 Å². The first-order valence-corrected chi connectivity index (χ1v) is 10.7. The number of carbonyl (C=O) groups is 5. The average Bonchev–Trinajstić information content (AvgIpc) is 3.27. The Balaban J connectivity index is 2.90. The fraction of sp³-hybridized carbons (Fsp3) is 0.684. The van der Waals surface area contributed by atoms with Crippen molar-refractivity contribution in [3.8, 4) is 0 Å². The maximum atomic E-state index is 12.9. The molecule has 0 radical (unpaired) electrons. The predicted octanol–water partition coefficient (Wildman–Crippen LogP) is -3.38. The summed E-state index contributed by atoms with van der Waals surface area (Å²) in [5.74, 6) is -3.85. The molecule has 0 aromatic carbocycles. The molecule has 0 spiro atoms. The molecule has 186 valence electrons. The molecule has 0 aromatic rings. The maximum absolute atomic E-state index is 12.9. The summed E-state index contributed by atoms with van der Waals surface area (Å²) in [5.41, 5.74) is 15.7. The molecule has 1 rings (SSSR count). The van der Waals surface area contributed by atoms with Gasteiger partial charge in [0.05, 0.1) is 6.04 Å². The number of guanidine groups is 1. The van der Waals surface area contributed by atoms with Crippen molar-refractivity contribution in [3.63, 3.8) is 0 Å². The first-order chi connectivity index (χ1) is 15.5. The lowest BCUT2D eigenvalue weighted by Gasteiger charge is -2.24. The Morgan fingerprint density at radius 1 is 1.03 bits per heavy atom. The fourth-order valence-electron chi connectivity index (χ4n) is 3.16. The molecule has 1 aliphatic heterocycles. The summed E-state index contributed by atoms with van der Waals surface area (Å²) in [4.78, 5) is 64.1. The lowest BCUT2D eigenvalue weighted by molar-refractivity contribution is -0.141. The highest BCUT2D eigenvalue weighted by Gasteiger charge is 2.30. The second-order valence-electron chi connectivity index (χ2n) is 7.79. The highest BCUT2D eigenvalue weighted by Crippen LogP contribution is 2.08. The lowest BCUT2D eigenvalue weighted by Crippen LogP contribution is -2.56. The zero-order valence-corrected chi connectivity index (χ0v) is 18.6. The minimum absolute atomic E-state index is 0.0620. The molecule has 0 aromatic heterocycles. The molecule has 1 fully saturated rings. The Morgan fingerprint density at radius 2 is 1.67 bits per heavy atom. The molecule has 14 heteroatoms. The van der Waals surface area contributed by atoms with Gasteiger partial charge in [-0.2, -0.15) is 0 Å². The van der Waals surface area contributed by atoms with Gasteiger partial charge in [-0.15, -0.1) is 0 Å². The van der Waals surface area contributed by atoms with Crippen molar-refractivity contribution in [1.29, 1.82) is 0 Å². The number of aliphatic carboxylic acids is 1. The second-order valence-corrected chi connectivity index (χ2v) is 7.79. The number of aliphatic imine (C=N–C) groups is 1. The Hall–Kier alpha value is -3.42. The van der Waals surface area contributed by atoms with Crippen molar-refractivity contribution < 1.29 is 29.1 Å². The van der Waals surface area contributed by atoms with Crippen molar-refractivity contribution >= 4 is 35.6 Å². The number of nitrogens with one attached hydrogen (secondary N) is 4. The van der Waals surface area contributed by atoms with E-state index in [0.717, 1.165) is 6.42 Å². The van der Waals surface area contributed by atoms with E-state index in [4.69, 9.17) is 22.3 Å². The highest BCUT2D eigenvalue weighted by atomic mass is 16.4. The summed E-state index contributed by atoms with van der Waals surface area (Å²) in [6, 6.07) is -3.87. The third-order valence-electron chi connectivity index (χ3n) is 5.00. The van der Waals surface area contributed by atoms with E-state index in [0.29, 0.717) is 19.4 Å². The van der Waals surface area contributed by atoms with Crippen LogP contribution in [-0.2, 0) is 24.0 Å². The van der Waals surface area contributed by atoms with Gasteiger partial charge >= 0.3 is 5.97 Å². The molecular weight excluding hydrogens is 436 g/mol. The number of primary amides is 1. The number of hydrogen-bond acceptors (Lipinski definition) is 7. The number of amides is 4. The summed E-state index contributed by atoms with van der Waals surface area (Å²) in [6.07, 6.45) is 1.61. The van der Waals surface area contributed by atoms with Crippen LogP contribution in [0.4, 0.5) is 0 Å². The van der Waals surface area contributed by atoms with E-state index in [1.807, 2.05) is 0 Å². The van der Waals surface area contributed by atoms with Crippen LogP contribution >= 0.6 is 0 Å². The average molecular weight is 471 g/mol. The zero-order chi connectivity index (χ0) is 25.0. The van der Waals surface area contributed by atoms with E-state index in [1.165, 1.54) is 6.92 Å². The molecule has 4 amide bonds. The van der Waals surface area contributed by atoms with Gasteiger partial charge in [-0.3, -0.25) is 29.0 Å². The monoisotopic (exact) mass is 470 g/mol. The van der Waals surface area contributed by atoms with Gasteiger partial charge in [0.15, 0.2) is 5.96 Å². The number of nitrogens with two attached hydrogens (primary N) is 3. The minimum Gasteiger partial charge on any atom is -0.480 e. The largest absolute Gasteiger partial charge is 0.480 e. The Bertz CT molecular complexity index is 749. The first kappa shape index (κ1) is 27.6. The number of carboxylic acids is 1. The molecule has 1 saturated heterocycles. The Kier molecular flexibility index (Phi) is 11.6. The fourth-order valence-corrected chi connectivity index (χ4v) is 3.16. The standard InChI is InChI=1S/C19H34N8O6/c1-10(18(32)33)25-16(30)12(5-3-9-24-19(21)22)26-17(31)13(6-7-14(20)28)27-15(29)11-4-2-8-23-11/h10-13,23H,2-9H2,1H3,(H2,20,28)(H,25,30)(H,26,31)(H,27,29)(H,32,33)(H4,21,22,24). The van der Waals surface area contributed by atoms with Gasteiger partial charge in [0, 0.05) is 13.0 Å². The van der Waals surface area contributed by atoms with Gasteiger partial charge in [0.1, 0.15) is 18.1 Å². The normalized spacial score (nSPS) is 17.8. The van der Waals surface area contributed by atoms with Crippen molar-refractivity contribution in [3.05, 3.63) is 0 Å². The number of hydrogen-bond donors (Lipinski definition) is 8. The van der Waals surface area contributed by atoms with Crippen LogP contribution in [0.2, 0.25) is 0 Å². The van der Waals surface area contributed by atoms with Crippen LogP contribution in [0.1, 0.15) is 45.4 Å². The number of nitrogens with zero attached hydrogens (tertiary/aromatic N) is 1. The molecule has 11 N–H and O–H groups in total. The van der Waals surface area contributed by atoms with Crippen LogP contribution in [0.15, 0.2) is 4.99 Å². The van der Waals surface area contributed by atoms with Crippen LogP contribution in [0.25, 0.3) is 0 Å². The summed E-state index contributed by atoms with van der Waals surface area (Å²) >= 11 is 0. The topological polar surface area (TPSA) is 244 Å². The molecular formula is C19H34N8O6. The molecule has 1 aliphatic rings. The second kappa shape index (κ2) is 13.9. The van der Waals surface area contributed by atoms with Gasteiger partial charge < -0.3 is 43.6 Å². The minimum atomic E-state index is -1.25.